The monoisotopic (exact) mass is 189 g/mol. The molecule has 10 heavy (non-hydrogen) atoms. The molecule has 0 heterocycles. The van der Waals surface area contributed by atoms with Gasteiger partial charge in [-0.15, -0.1) is 0 Å². The Hall–Kier alpha value is 1.07. The maximum absolute atomic E-state index is 4.76. The van der Waals surface area contributed by atoms with Crippen LogP contribution in [0.4, 0.5) is 0 Å². The molecule has 0 unspecified atom stereocenters. The van der Waals surface area contributed by atoms with Crippen molar-refractivity contribution in [2.24, 2.45) is 0 Å². The van der Waals surface area contributed by atoms with Crippen molar-refractivity contribution in [1.82, 2.24) is 4.90 Å². The standard InChI is InChI=1S/C5H11NS2.Na.H2O/c1-3-6(4-2)5(7)8;;/h3-4H2,1-2H3,(H,7,8);;1H2/q;+1;/p-1. The van der Waals surface area contributed by atoms with Crippen molar-refractivity contribution in [2.75, 3.05) is 13.1 Å². The molecular weight excluding hydrogens is 177 g/mol. The minimum Gasteiger partial charge on any atom is -0.412 e. The van der Waals surface area contributed by atoms with Crippen LogP contribution >= 0.6 is 12.2 Å². The second-order valence-electron chi connectivity index (χ2n) is 1.44. The van der Waals surface area contributed by atoms with E-state index in [0.29, 0.717) is 4.32 Å². The van der Waals surface area contributed by atoms with Gasteiger partial charge < -0.3 is 35.2 Å². The van der Waals surface area contributed by atoms with Gasteiger partial charge in [0.15, 0.2) is 0 Å². The van der Waals surface area contributed by atoms with Crippen molar-refractivity contribution in [1.29, 1.82) is 0 Å². The Balaban J connectivity index is -0.000000245. The van der Waals surface area contributed by atoms with Crippen molar-refractivity contribution in [3.05, 3.63) is 0 Å². The van der Waals surface area contributed by atoms with Crippen LogP contribution in [0.5, 0.6) is 0 Å². The first-order chi connectivity index (χ1) is 3.72. The van der Waals surface area contributed by atoms with Gasteiger partial charge in [-0.25, -0.2) is 0 Å². The predicted octanol–water partition coefficient (Wildman–Crippen LogP) is -2.66. The molecule has 0 aliphatic heterocycles. The maximum Gasteiger partial charge on any atom is 1.00 e. The zero-order valence-corrected chi connectivity index (χ0v) is 10.3. The predicted molar refractivity (Wildman–Crippen MR) is 46.5 cm³/mol. The third-order valence-corrected chi connectivity index (χ3v) is 1.54. The van der Waals surface area contributed by atoms with Crippen LogP contribution in [0.15, 0.2) is 0 Å². The van der Waals surface area contributed by atoms with Gasteiger partial charge in [0.25, 0.3) is 0 Å². The molecule has 56 valence electrons. The van der Waals surface area contributed by atoms with Crippen LogP contribution in [-0.2, 0) is 12.6 Å². The van der Waals surface area contributed by atoms with Gasteiger partial charge in [-0.3, -0.25) is 0 Å². The van der Waals surface area contributed by atoms with Crippen molar-refractivity contribution in [3.8, 4) is 0 Å². The third-order valence-electron chi connectivity index (χ3n) is 1.02. The SMILES string of the molecule is CCN(CC)C(=S)[S-].O.[Na+]. The molecular formula is C5H12NNaOS2. The van der Waals surface area contributed by atoms with Gasteiger partial charge in [0, 0.05) is 13.1 Å². The first-order valence-corrected chi connectivity index (χ1v) is 3.50. The largest absolute Gasteiger partial charge is 1.00 e. The van der Waals surface area contributed by atoms with Crippen molar-refractivity contribution in [3.63, 3.8) is 0 Å². The molecule has 0 aliphatic rings. The maximum atomic E-state index is 4.76. The summed E-state index contributed by atoms with van der Waals surface area (Å²) in [7, 11) is 0. The fraction of sp³-hybridized carbons (Fsp3) is 0.800. The first kappa shape index (κ1) is 17.2. The minimum atomic E-state index is 0. The molecule has 2 nitrogen and oxygen atoms in total. The number of thiocarbonyl (C=S) groups is 1. The Morgan fingerprint density at radius 2 is 1.70 bits per heavy atom. The zero-order valence-electron chi connectivity index (χ0n) is 6.68. The van der Waals surface area contributed by atoms with E-state index in [4.69, 9.17) is 24.8 Å². The smallest absolute Gasteiger partial charge is 0.412 e. The topological polar surface area (TPSA) is 34.7 Å². The van der Waals surface area contributed by atoms with E-state index in [0.717, 1.165) is 13.1 Å². The summed E-state index contributed by atoms with van der Waals surface area (Å²) in [5.41, 5.74) is 0. The molecule has 0 rings (SSSR count). The van der Waals surface area contributed by atoms with Crippen LogP contribution in [0.3, 0.4) is 0 Å². The summed E-state index contributed by atoms with van der Waals surface area (Å²) in [6.45, 7) is 5.95. The molecule has 0 aromatic heterocycles. The van der Waals surface area contributed by atoms with E-state index in [2.05, 4.69) is 0 Å². The summed E-state index contributed by atoms with van der Waals surface area (Å²) in [4.78, 5) is 1.96. The quantitative estimate of drug-likeness (QED) is 0.270. The molecule has 2 N–H and O–H groups in total. The zero-order chi connectivity index (χ0) is 6.57. The molecule has 0 fully saturated rings. The molecule has 5 heteroatoms. The van der Waals surface area contributed by atoms with E-state index in [1.807, 2.05) is 18.7 Å². The second kappa shape index (κ2) is 10.1. The van der Waals surface area contributed by atoms with Gasteiger partial charge in [0.1, 0.15) is 0 Å². The summed E-state index contributed by atoms with van der Waals surface area (Å²) in [6, 6.07) is 0. The van der Waals surface area contributed by atoms with Gasteiger partial charge in [-0.2, -0.15) is 0 Å². The van der Waals surface area contributed by atoms with Gasteiger partial charge >= 0.3 is 29.6 Å². The normalized spacial score (nSPS) is 7.00. The van der Waals surface area contributed by atoms with Crippen LogP contribution in [0.25, 0.3) is 0 Å². The average molecular weight is 189 g/mol. The van der Waals surface area contributed by atoms with Gasteiger partial charge in [0.2, 0.25) is 0 Å². The molecule has 0 aromatic carbocycles. The summed E-state index contributed by atoms with van der Waals surface area (Å²) in [5.74, 6) is 0. The first-order valence-electron chi connectivity index (χ1n) is 2.68. The Labute approximate surface area is 95.4 Å². The minimum absolute atomic E-state index is 0. The molecule has 0 aliphatic carbocycles. The number of hydrogen-bond acceptors (Lipinski definition) is 2. The summed E-state index contributed by atoms with van der Waals surface area (Å²) >= 11 is 9.51. The van der Waals surface area contributed by atoms with E-state index < -0.39 is 0 Å². The second-order valence-corrected chi connectivity index (χ2v) is 2.47. The summed E-state index contributed by atoms with van der Waals surface area (Å²) < 4.78 is 0.579. The Morgan fingerprint density at radius 3 is 1.70 bits per heavy atom. The number of hydrogen-bond donors (Lipinski definition) is 0. The molecule has 0 amide bonds. The third kappa shape index (κ3) is 7.18. The average Bonchev–Trinajstić information content (AvgIpc) is 1.69. The molecule has 0 radical (unpaired) electrons. The molecule has 0 spiro atoms. The van der Waals surface area contributed by atoms with Gasteiger partial charge in [-0.05, 0) is 13.8 Å². The van der Waals surface area contributed by atoms with E-state index in [-0.39, 0.29) is 35.0 Å². The molecule has 0 saturated heterocycles. The molecule has 0 saturated carbocycles. The van der Waals surface area contributed by atoms with Crippen molar-refractivity contribution in [2.45, 2.75) is 13.8 Å². The number of rotatable bonds is 2. The summed E-state index contributed by atoms with van der Waals surface area (Å²) in [5, 5.41) is 0. The van der Waals surface area contributed by atoms with E-state index in [1.54, 1.807) is 0 Å². The van der Waals surface area contributed by atoms with E-state index in [1.165, 1.54) is 0 Å². The summed E-state index contributed by atoms with van der Waals surface area (Å²) in [6.07, 6.45) is 0. The van der Waals surface area contributed by atoms with Crippen LogP contribution in [0.2, 0.25) is 0 Å². The van der Waals surface area contributed by atoms with Gasteiger partial charge in [0.05, 0.1) is 0 Å². The Bertz CT molecular complexity index is 87.7. The van der Waals surface area contributed by atoms with Gasteiger partial charge in [-0.1, -0.05) is 4.32 Å². The van der Waals surface area contributed by atoms with E-state index in [9.17, 15) is 0 Å². The van der Waals surface area contributed by atoms with E-state index >= 15 is 0 Å². The van der Waals surface area contributed by atoms with Crippen LogP contribution in [0.1, 0.15) is 13.8 Å². The molecule has 0 aromatic rings. The van der Waals surface area contributed by atoms with Crippen LogP contribution < -0.4 is 29.6 Å². The van der Waals surface area contributed by atoms with Crippen molar-refractivity contribution >= 4 is 29.2 Å². The molecule has 0 atom stereocenters. The van der Waals surface area contributed by atoms with Crippen LogP contribution in [-0.4, -0.2) is 27.8 Å². The fourth-order valence-electron chi connectivity index (χ4n) is 0.482. The Kier molecular flexibility index (Phi) is 17.4. The fourth-order valence-corrected chi connectivity index (χ4v) is 0.998. The van der Waals surface area contributed by atoms with Crippen LogP contribution in [0, 0.1) is 0 Å². The number of nitrogens with zero attached hydrogens (tertiary/aromatic N) is 1. The van der Waals surface area contributed by atoms with Crippen molar-refractivity contribution < 1.29 is 35.0 Å². The Morgan fingerprint density at radius 1 is 1.40 bits per heavy atom. The molecule has 0 bridgehead atoms.